The molecule has 0 aliphatic carbocycles. The minimum absolute atomic E-state index is 0.0823. The van der Waals surface area contributed by atoms with Crippen LogP contribution in [0.2, 0.25) is 0 Å². The predicted octanol–water partition coefficient (Wildman–Crippen LogP) is 0.0475. The number of nitrogens with zero attached hydrogens (tertiary/aromatic N) is 1. The average Bonchev–Trinajstić information content (AvgIpc) is 2.64. The summed E-state index contributed by atoms with van der Waals surface area (Å²) in [6.07, 6.45) is 0.471. The maximum absolute atomic E-state index is 12.6. The highest BCUT2D eigenvalue weighted by molar-refractivity contribution is 5.81. The Labute approximate surface area is 165 Å². The number of amides is 1. The highest BCUT2D eigenvalue weighted by Crippen LogP contribution is 2.18. The number of aromatic nitrogens is 1. The Morgan fingerprint density at radius 3 is 2.54 bits per heavy atom. The van der Waals surface area contributed by atoms with Crippen molar-refractivity contribution in [2.24, 2.45) is 11.7 Å². The van der Waals surface area contributed by atoms with Crippen molar-refractivity contribution in [2.45, 2.75) is 64.4 Å². The molecule has 9 nitrogen and oxygen atoms in total. The Balaban J connectivity index is 3.06. The van der Waals surface area contributed by atoms with Crippen LogP contribution in [0.1, 0.15) is 39.2 Å². The van der Waals surface area contributed by atoms with Crippen LogP contribution in [0, 0.1) is 5.92 Å². The lowest BCUT2D eigenvalue weighted by Crippen LogP contribution is -2.57. The van der Waals surface area contributed by atoms with Crippen LogP contribution in [0.25, 0.3) is 0 Å². The molecule has 1 rings (SSSR count). The van der Waals surface area contributed by atoms with Gasteiger partial charge in [0.1, 0.15) is 6.23 Å². The molecule has 1 aromatic heterocycles. The van der Waals surface area contributed by atoms with Crippen LogP contribution in [0.4, 0.5) is 0 Å². The van der Waals surface area contributed by atoms with Crippen LogP contribution in [0.5, 0.6) is 5.88 Å². The van der Waals surface area contributed by atoms with Gasteiger partial charge in [-0.2, -0.15) is 0 Å². The van der Waals surface area contributed by atoms with Crippen molar-refractivity contribution in [3.63, 3.8) is 0 Å². The number of hydrogen-bond donors (Lipinski definition) is 5. The van der Waals surface area contributed by atoms with E-state index < -0.39 is 36.3 Å². The number of carbonyl (C=O) groups is 2. The molecule has 158 valence electrons. The zero-order valence-electron chi connectivity index (χ0n) is 16.9. The summed E-state index contributed by atoms with van der Waals surface area (Å²) in [4.78, 5) is 27.9. The predicted molar refractivity (Wildman–Crippen MR) is 104 cm³/mol. The Morgan fingerprint density at radius 2 is 2.00 bits per heavy atom. The smallest absolute Gasteiger partial charge is 0.303 e. The number of hydrogen-bond acceptors (Lipinski definition) is 8. The lowest BCUT2D eigenvalue weighted by atomic mass is 9.98. The largest absolute Gasteiger partial charge is 0.493 e. The van der Waals surface area contributed by atoms with Crippen molar-refractivity contribution in [3.05, 3.63) is 23.9 Å². The first-order valence-corrected chi connectivity index (χ1v) is 9.37. The first kappa shape index (κ1) is 23.8. The fourth-order valence-corrected chi connectivity index (χ4v) is 2.73. The van der Waals surface area contributed by atoms with Gasteiger partial charge in [0.05, 0.1) is 12.1 Å². The molecule has 0 saturated heterocycles. The molecular weight excluding hydrogens is 364 g/mol. The third-order valence-corrected chi connectivity index (χ3v) is 4.33. The molecule has 0 saturated carbocycles. The van der Waals surface area contributed by atoms with Crippen molar-refractivity contribution in [1.29, 1.82) is 0 Å². The molecule has 0 radical (unpaired) electrons. The fourth-order valence-electron chi connectivity index (χ4n) is 2.73. The van der Waals surface area contributed by atoms with Crippen LogP contribution in [0.3, 0.4) is 0 Å². The first-order chi connectivity index (χ1) is 13.1. The van der Waals surface area contributed by atoms with E-state index in [0.29, 0.717) is 17.9 Å². The molecule has 6 N–H and O–H groups in total. The topological polar surface area (TPSA) is 147 Å². The molecule has 0 aliphatic rings. The molecule has 1 amide bonds. The molecule has 2 unspecified atom stereocenters. The molecule has 28 heavy (non-hydrogen) atoms. The zero-order valence-corrected chi connectivity index (χ0v) is 16.9. The number of rotatable bonds is 11. The van der Waals surface area contributed by atoms with Crippen molar-refractivity contribution >= 4 is 11.9 Å². The molecule has 4 atom stereocenters. The third kappa shape index (κ3) is 7.79. The second kappa shape index (κ2) is 11.6. The van der Waals surface area contributed by atoms with Crippen LogP contribution >= 0.6 is 0 Å². The lowest BCUT2D eigenvalue weighted by Gasteiger charge is -2.31. The normalized spacial score (nSPS) is 15.5. The zero-order chi connectivity index (χ0) is 21.3. The second-order valence-corrected chi connectivity index (χ2v) is 7.19. The van der Waals surface area contributed by atoms with E-state index in [9.17, 15) is 19.8 Å². The molecular formula is C19H32N4O5. The van der Waals surface area contributed by atoms with E-state index in [2.05, 4.69) is 15.6 Å². The van der Waals surface area contributed by atoms with E-state index in [0.717, 1.165) is 6.42 Å². The van der Waals surface area contributed by atoms with E-state index in [1.54, 1.807) is 12.1 Å². The van der Waals surface area contributed by atoms with Crippen LogP contribution in [0.15, 0.2) is 18.3 Å². The number of pyridine rings is 1. The van der Waals surface area contributed by atoms with E-state index in [-0.39, 0.29) is 12.3 Å². The van der Waals surface area contributed by atoms with E-state index in [4.69, 9.17) is 10.5 Å². The van der Waals surface area contributed by atoms with Gasteiger partial charge < -0.3 is 26.0 Å². The SMILES string of the molecule is CNC(O)C(OC(C)=O)[C@H](Cc1cccnc1O)NC(=O)[C@@H](N)CCC(C)C. The summed E-state index contributed by atoms with van der Waals surface area (Å²) in [7, 11) is 1.50. The van der Waals surface area contributed by atoms with Gasteiger partial charge in [0, 0.05) is 25.1 Å². The summed E-state index contributed by atoms with van der Waals surface area (Å²) in [5.74, 6) is -0.833. The number of aliphatic hydroxyl groups excluding tert-OH is 1. The van der Waals surface area contributed by atoms with Gasteiger partial charge in [-0.15, -0.1) is 0 Å². The summed E-state index contributed by atoms with van der Waals surface area (Å²) in [6, 6.07) is 1.70. The average molecular weight is 396 g/mol. The highest BCUT2D eigenvalue weighted by Gasteiger charge is 2.33. The summed E-state index contributed by atoms with van der Waals surface area (Å²) in [5.41, 5.74) is 6.42. The molecule has 0 aromatic carbocycles. The summed E-state index contributed by atoms with van der Waals surface area (Å²) in [6.45, 7) is 5.29. The van der Waals surface area contributed by atoms with Crippen LogP contribution < -0.4 is 16.4 Å². The maximum Gasteiger partial charge on any atom is 0.303 e. The van der Waals surface area contributed by atoms with Crippen molar-refractivity contribution < 1.29 is 24.5 Å². The highest BCUT2D eigenvalue weighted by atomic mass is 16.6. The molecule has 9 heteroatoms. The van der Waals surface area contributed by atoms with Gasteiger partial charge in [-0.05, 0) is 31.9 Å². The van der Waals surface area contributed by atoms with E-state index in [1.165, 1.54) is 20.2 Å². The second-order valence-electron chi connectivity index (χ2n) is 7.19. The summed E-state index contributed by atoms with van der Waals surface area (Å²) >= 11 is 0. The van der Waals surface area contributed by atoms with E-state index in [1.807, 2.05) is 13.8 Å². The monoisotopic (exact) mass is 396 g/mol. The number of nitrogens with two attached hydrogens (primary N) is 1. The molecule has 0 fully saturated rings. The number of aromatic hydroxyl groups is 1. The number of ether oxygens (including phenoxy) is 1. The standard InChI is InChI=1S/C19H32N4O5/c1-11(2)7-8-14(20)18(26)23-15(10-13-6-5-9-22-17(13)25)16(19(27)21-4)28-12(3)24/h5-6,9,11,14-16,19,21,27H,7-8,10,20H2,1-4H3,(H,22,25)(H,23,26)/t14-,15-,16?,19?/m0/s1. The fraction of sp³-hybridized carbons (Fsp3) is 0.632. The first-order valence-electron chi connectivity index (χ1n) is 9.37. The minimum Gasteiger partial charge on any atom is -0.493 e. The van der Waals surface area contributed by atoms with Gasteiger partial charge in [0.2, 0.25) is 11.8 Å². The number of aliphatic hydroxyl groups is 1. The Bertz CT molecular complexity index is 641. The Hall–Kier alpha value is -2.23. The molecule has 0 aliphatic heterocycles. The maximum atomic E-state index is 12.6. The minimum atomic E-state index is -1.24. The summed E-state index contributed by atoms with van der Waals surface area (Å²) in [5, 5.41) is 25.6. The van der Waals surface area contributed by atoms with Gasteiger partial charge in [-0.1, -0.05) is 19.9 Å². The van der Waals surface area contributed by atoms with Gasteiger partial charge in [-0.3, -0.25) is 14.9 Å². The van der Waals surface area contributed by atoms with Gasteiger partial charge in [0.15, 0.2) is 6.10 Å². The van der Waals surface area contributed by atoms with E-state index >= 15 is 0 Å². The summed E-state index contributed by atoms with van der Waals surface area (Å²) < 4.78 is 5.25. The van der Waals surface area contributed by atoms with Crippen molar-refractivity contribution in [1.82, 2.24) is 15.6 Å². The Kier molecular flexibility index (Phi) is 9.84. The number of esters is 1. The molecule has 1 aromatic rings. The van der Waals surface area contributed by atoms with Gasteiger partial charge >= 0.3 is 5.97 Å². The molecule has 0 bridgehead atoms. The van der Waals surface area contributed by atoms with Crippen molar-refractivity contribution in [3.8, 4) is 5.88 Å². The van der Waals surface area contributed by atoms with Gasteiger partial charge in [0.25, 0.3) is 0 Å². The van der Waals surface area contributed by atoms with Crippen LogP contribution in [-0.4, -0.2) is 58.5 Å². The quantitative estimate of drug-likeness (QED) is 0.260. The van der Waals surface area contributed by atoms with Crippen LogP contribution in [-0.2, 0) is 20.7 Å². The molecule has 1 heterocycles. The molecule has 0 spiro atoms. The number of nitrogens with one attached hydrogen (secondary N) is 2. The van der Waals surface area contributed by atoms with Crippen molar-refractivity contribution in [2.75, 3.05) is 7.05 Å². The Morgan fingerprint density at radius 1 is 1.32 bits per heavy atom. The number of likely N-dealkylation sites (N-methyl/N-ethyl adjacent to an activating group) is 1. The van der Waals surface area contributed by atoms with Gasteiger partial charge in [-0.25, -0.2) is 4.98 Å². The number of carbonyl (C=O) groups excluding carboxylic acids is 2. The third-order valence-electron chi connectivity index (χ3n) is 4.33. The lowest BCUT2D eigenvalue weighted by molar-refractivity contribution is -0.157.